The highest BCUT2D eigenvalue weighted by atomic mass is 19.1. The predicted octanol–water partition coefficient (Wildman–Crippen LogP) is 2.61. The number of hydrogen-bond donors (Lipinski definition) is 0. The van der Waals surface area contributed by atoms with E-state index in [1.165, 1.54) is 0 Å². The van der Waals surface area contributed by atoms with Crippen LogP contribution in [0.3, 0.4) is 0 Å². The number of halogens is 1. The second-order valence-electron chi connectivity index (χ2n) is 3.77. The Morgan fingerprint density at radius 1 is 0.909 bits per heavy atom. The van der Waals surface area contributed by atoms with E-state index in [2.05, 4.69) is 13.8 Å². The molecule has 4 unspecified atom stereocenters. The molecule has 66 valence electrons. The minimum atomic E-state index is -1.06. The topological polar surface area (TPSA) is 9.23 Å². The van der Waals surface area contributed by atoms with Crippen molar-refractivity contribution in [2.45, 2.75) is 40.2 Å². The third-order valence-electron chi connectivity index (χ3n) is 3.16. The first-order valence-electron chi connectivity index (χ1n) is 4.33. The molecule has 1 fully saturated rings. The van der Waals surface area contributed by atoms with E-state index in [0.29, 0.717) is 11.8 Å². The monoisotopic (exact) mass is 160 g/mol. The summed E-state index contributed by atoms with van der Waals surface area (Å²) in [5.74, 6) is 0.937. The first-order chi connectivity index (χ1) is 5.04. The van der Waals surface area contributed by atoms with E-state index in [1.54, 1.807) is 0 Å². The van der Waals surface area contributed by atoms with E-state index < -0.39 is 6.36 Å². The molecule has 0 radical (unpaired) electrons. The van der Waals surface area contributed by atoms with Crippen molar-refractivity contribution in [1.82, 2.24) is 0 Å². The van der Waals surface area contributed by atoms with Crippen molar-refractivity contribution in [3.8, 4) is 0 Å². The molecule has 1 nitrogen and oxygen atoms in total. The van der Waals surface area contributed by atoms with Crippen LogP contribution >= 0.6 is 0 Å². The minimum Gasteiger partial charge on any atom is -0.345 e. The van der Waals surface area contributed by atoms with Gasteiger partial charge in [-0.1, -0.05) is 20.8 Å². The van der Waals surface area contributed by atoms with Crippen molar-refractivity contribution in [3.63, 3.8) is 0 Å². The zero-order valence-electron chi connectivity index (χ0n) is 7.67. The molecule has 0 N–H and O–H groups in total. The van der Waals surface area contributed by atoms with Gasteiger partial charge in [0.1, 0.15) is 0 Å². The Morgan fingerprint density at radius 3 is 2.00 bits per heavy atom. The molecule has 1 aliphatic rings. The number of ether oxygens (including phenoxy) is 1. The standard InChI is InChI=1S/C9H17FO/c1-5-6(2)8(4)11-9(10)7(5)3/h5-9H,1-4H3/t5?,6-,7?,8?,9?/m1/s1. The van der Waals surface area contributed by atoms with Crippen molar-refractivity contribution in [2.24, 2.45) is 17.8 Å². The quantitative estimate of drug-likeness (QED) is 0.529. The van der Waals surface area contributed by atoms with Crippen molar-refractivity contribution >= 4 is 0 Å². The molecule has 1 rings (SSSR count). The van der Waals surface area contributed by atoms with Crippen LogP contribution in [0.25, 0.3) is 0 Å². The van der Waals surface area contributed by atoms with Crippen molar-refractivity contribution in [1.29, 1.82) is 0 Å². The summed E-state index contributed by atoms with van der Waals surface area (Å²) in [4.78, 5) is 0. The summed E-state index contributed by atoms with van der Waals surface area (Å²) in [6.45, 7) is 8.08. The summed E-state index contributed by atoms with van der Waals surface area (Å²) >= 11 is 0. The van der Waals surface area contributed by atoms with Crippen LogP contribution < -0.4 is 0 Å². The van der Waals surface area contributed by atoms with Crippen LogP contribution in [0.2, 0.25) is 0 Å². The predicted molar refractivity (Wildman–Crippen MR) is 42.9 cm³/mol. The lowest BCUT2D eigenvalue weighted by atomic mass is 9.80. The molecular formula is C9H17FO. The van der Waals surface area contributed by atoms with E-state index >= 15 is 0 Å². The number of rotatable bonds is 0. The van der Waals surface area contributed by atoms with Crippen LogP contribution in [0, 0.1) is 17.8 Å². The first kappa shape index (κ1) is 8.98. The van der Waals surface area contributed by atoms with Gasteiger partial charge in [0.25, 0.3) is 0 Å². The highest BCUT2D eigenvalue weighted by Crippen LogP contribution is 2.34. The van der Waals surface area contributed by atoms with Gasteiger partial charge < -0.3 is 4.74 Å². The third-order valence-corrected chi connectivity index (χ3v) is 3.16. The molecule has 1 heterocycles. The molecule has 0 aliphatic carbocycles. The molecule has 0 saturated carbocycles. The summed E-state index contributed by atoms with van der Waals surface area (Å²) in [6, 6.07) is 0. The van der Waals surface area contributed by atoms with Crippen LogP contribution in [-0.2, 0) is 4.74 Å². The third kappa shape index (κ3) is 1.56. The number of alkyl halides is 1. The molecule has 0 aromatic heterocycles. The Bertz CT molecular complexity index is 124. The Balaban J connectivity index is 2.63. The van der Waals surface area contributed by atoms with Crippen LogP contribution in [0.5, 0.6) is 0 Å². The summed E-state index contributed by atoms with van der Waals surface area (Å²) in [5.41, 5.74) is 0. The molecule has 0 aromatic carbocycles. The Labute approximate surface area is 67.9 Å². The lowest BCUT2D eigenvalue weighted by Gasteiger charge is -2.38. The minimum absolute atomic E-state index is 0.0428. The number of hydrogen-bond acceptors (Lipinski definition) is 1. The normalized spacial score (nSPS) is 52.6. The Kier molecular flexibility index (Phi) is 2.53. The van der Waals surface area contributed by atoms with E-state index in [0.717, 1.165) is 0 Å². The summed E-state index contributed by atoms with van der Waals surface area (Å²) in [5, 5.41) is 0. The highest BCUT2D eigenvalue weighted by Gasteiger charge is 2.36. The summed E-state index contributed by atoms with van der Waals surface area (Å²) < 4.78 is 18.1. The fourth-order valence-corrected chi connectivity index (χ4v) is 1.60. The molecular weight excluding hydrogens is 143 g/mol. The molecule has 0 spiro atoms. The van der Waals surface area contributed by atoms with Gasteiger partial charge in [-0.2, -0.15) is 0 Å². The van der Waals surface area contributed by atoms with Crippen molar-refractivity contribution in [3.05, 3.63) is 0 Å². The maximum Gasteiger partial charge on any atom is 0.201 e. The van der Waals surface area contributed by atoms with Gasteiger partial charge in [-0.15, -0.1) is 0 Å². The van der Waals surface area contributed by atoms with Crippen LogP contribution in [0.15, 0.2) is 0 Å². The zero-order valence-corrected chi connectivity index (χ0v) is 7.67. The van der Waals surface area contributed by atoms with Gasteiger partial charge in [-0.25, -0.2) is 4.39 Å². The molecule has 11 heavy (non-hydrogen) atoms. The highest BCUT2D eigenvalue weighted by molar-refractivity contribution is 4.79. The second-order valence-corrected chi connectivity index (χ2v) is 3.77. The molecule has 5 atom stereocenters. The van der Waals surface area contributed by atoms with E-state index in [4.69, 9.17) is 4.74 Å². The molecule has 1 saturated heterocycles. The van der Waals surface area contributed by atoms with Crippen LogP contribution in [0.4, 0.5) is 4.39 Å². The molecule has 0 amide bonds. The average Bonchev–Trinajstić information content (AvgIpc) is 1.97. The van der Waals surface area contributed by atoms with Crippen LogP contribution in [-0.4, -0.2) is 12.5 Å². The van der Waals surface area contributed by atoms with Gasteiger partial charge in [0.2, 0.25) is 6.36 Å². The Hall–Kier alpha value is -0.110. The lowest BCUT2D eigenvalue weighted by Crippen LogP contribution is -2.41. The summed E-state index contributed by atoms with van der Waals surface area (Å²) in [7, 11) is 0. The Morgan fingerprint density at radius 2 is 1.45 bits per heavy atom. The first-order valence-corrected chi connectivity index (χ1v) is 4.33. The summed E-state index contributed by atoms with van der Waals surface area (Å²) in [6.07, 6.45) is -0.993. The maximum atomic E-state index is 13.0. The molecule has 0 bridgehead atoms. The van der Waals surface area contributed by atoms with Crippen molar-refractivity contribution in [2.75, 3.05) is 0 Å². The lowest BCUT2D eigenvalue weighted by molar-refractivity contribution is -0.181. The van der Waals surface area contributed by atoms with Crippen molar-refractivity contribution < 1.29 is 9.13 Å². The molecule has 2 heteroatoms. The smallest absolute Gasteiger partial charge is 0.201 e. The average molecular weight is 160 g/mol. The SMILES string of the molecule is CC1C(F)OC(C)[C@H](C)C1C. The van der Waals surface area contributed by atoms with E-state index in [1.807, 2.05) is 13.8 Å². The van der Waals surface area contributed by atoms with Gasteiger partial charge in [-0.3, -0.25) is 0 Å². The molecule has 0 aromatic rings. The van der Waals surface area contributed by atoms with Gasteiger partial charge in [0.15, 0.2) is 0 Å². The largest absolute Gasteiger partial charge is 0.345 e. The van der Waals surface area contributed by atoms with Gasteiger partial charge in [0, 0.05) is 5.92 Å². The van der Waals surface area contributed by atoms with E-state index in [-0.39, 0.29) is 12.0 Å². The fourth-order valence-electron chi connectivity index (χ4n) is 1.60. The maximum absolute atomic E-state index is 13.0. The second kappa shape index (κ2) is 3.10. The van der Waals surface area contributed by atoms with Gasteiger partial charge >= 0.3 is 0 Å². The van der Waals surface area contributed by atoms with Gasteiger partial charge in [-0.05, 0) is 18.8 Å². The fraction of sp³-hybridized carbons (Fsp3) is 1.00. The molecule has 1 aliphatic heterocycles. The van der Waals surface area contributed by atoms with Crippen LogP contribution in [0.1, 0.15) is 27.7 Å². The van der Waals surface area contributed by atoms with Gasteiger partial charge in [0.05, 0.1) is 6.10 Å². The van der Waals surface area contributed by atoms with E-state index in [9.17, 15) is 4.39 Å². The zero-order chi connectivity index (χ0) is 8.59.